The first-order valence-electron chi connectivity index (χ1n) is 13.0. The number of aliphatic hydroxyl groups is 2. The SMILES string of the molecule is COc1ccc(-c2cc(CNC(C)CF)c(O)c3c2CC2CC4CC(O)=C(C(N)=O)C(=O)C4C(O)=C2C3=O)cn1. The molecule has 0 radical (unpaired) electrons. The molecule has 0 bridgehead atoms. The van der Waals surface area contributed by atoms with Crippen LogP contribution >= 0.6 is 0 Å². The topological polar surface area (TPSA) is 172 Å². The second-order valence-corrected chi connectivity index (χ2v) is 10.6. The molecule has 6 N–H and O–H groups in total. The highest BCUT2D eigenvalue weighted by Crippen LogP contribution is 2.51. The lowest BCUT2D eigenvalue weighted by atomic mass is 9.62. The van der Waals surface area contributed by atoms with Crippen molar-refractivity contribution in [2.45, 2.75) is 38.8 Å². The van der Waals surface area contributed by atoms with Crippen LogP contribution in [0, 0.1) is 17.8 Å². The van der Waals surface area contributed by atoms with Crippen molar-refractivity contribution in [1.29, 1.82) is 0 Å². The second-order valence-electron chi connectivity index (χ2n) is 10.6. The van der Waals surface area contributed by atoms with Gasteiger partial charge in [-0.1, -0.05) is 0 Å². The summed E-state index contributed by atoms with van der Waals surface area (Å²) in [6.07, 6.45) is 2.09. The van der Waals surface area contributed by atoms with Gasteiger partial charge in [-0.2, -0.15) is 0 Å². The average molecular weight is 552 g/mol. The van der Waals surface area contributed by atoms with Gasteiger partial charge in [0.05, 0.1) is 18.6 Å². The highest BCUT2D eigenvalue weighted by Gasteiger charge is 2.50. The van der Waals surface area contributed by atoms with Crippen molar-refractivity contribution in [3.63, 3.8) is 0 Å². The van der Waals surface area contributed by atoms with Crippen molar-refractivity contribution in [2.24, 2.45) is 23.5 Å². The number of amides is 1. The zero-order valence-corrected chi connectivity index (χ0v) is 22.0. The van der Waals surface area contributed by atoms with E-state index in [4.69, 9.17) is 10.5 Å². The van der Waals surface area contributed by atoms with Crippen LogP contribution in [0.5, 0.6) is 11.6 Å². The Balaban J connectivity index is 1.66. The number of pyridine rings is 1. The fourth-order valence-corrected chi connectivity index (χ4v) is 6.15. The summed E-state index contributed by atoms with van der Waals surface area (Å²) in [5.41, 5.74) is 6.94. The van der Waals surface area contributed by atoms with Crippen LogP contribution in [0.2, 0.25) is 0 Å². The van der Waals surface area contributed by atoms with Gasteiger partial charge in [0, 0.05) is 48.0 Å². The molecule has 11 heteroatoms. The first-order chi connectivity index (χ1) is 19.1. The van der Waals surface area contributed by atoms with E-state index in [2.05, 4.69) is 10.3 Å². The van der Waals surface area contributed by atoms with Gasteiger partial charge in [-0.15, -0.1) is 0 Å². The number of allylic oxidation sites excluding steroid dienone is 3. The van der Waals surface area contributed by atoms with Crippen molar-refractivity contribution >= 4 is 17.5 Å². The molecule has 5 rings (SSSR count). The number of aromatic hydroxyl groups is 1. The minimum Gasteiger partial charge on any atom is -0.511 e. The number of aromatic nitrogens is 1. The molecule has 4 unspecified atom stereocenters. The summed E-state index contributed by atoms with van der Waals surface area (Å²) < 4.78 is 18.3. The minimum absolute atomic E-state index is 0.00338. The molecule has 0 saturated carbocycles. The number of hydrogen-bond donors (Lipinski definition) is 5. The van der Waals surface area contributed by atoms with Gasteiger partial charge in [-0.25, -0.2) is 9.37 Å². The standard InChI is InChI=1S/C29H30FN3O7/c1-12(9-30)32-11-16-7-17(13-3-4-20(40-2)33-10-13)18-6-14-5-15-8-19(34)24(29(31)39)28(38)22(15)26(36)21(14)27(37)23(18)25(16)35/h3-4,7,10,12,14-15,22,32,34-36H,5-6,8-9,11H2,1-2H3,(H2,31,39). The molecule has 3 aliphatic carbocycles. The summed E-state index contributed by atoms with van der Waals surface area (Å²) in [7, 11) is 1.49. The molecule has 4 atom stereocenters. The van der Waals surface area contributed by atoms with Crippen molar-refractivity contribution in [2.75, 3.05) is 13.8 Å². The molecule has 2 aromatic rings. The van der Waals surface area contributed by atoms with Crippen LogP contribution < -0.4 is 15.8 Å². The lowest BCUT2D eigenvalue weighted by molar-refractivity contribution is -0.126. The zero-order chi connectivity index (χ0) is 28.9. The number of halogens is 1. The molecule has 40 heavy (non-hydrogen) atoms. The maximum atomic E-state index is 14.0. The summed E-state index contributed by atoms with van der Waals surface area (Å²) in [5, 5.41) is 35.9. The molecule has 0 saturated heterocycles. The number of primary amides is 1. The van der Waals surface area contributed by atoms with Gasteiger partial charge in [-0.05, 0) is 54.9 Å². The quantitative estimate of drug-likeness (QED) is 0.324. The van der Waals surface area contributed by atoms with Gasteiger partial charge >= 0.3 is 0 Å². The van der Waals surface area contributed by atoms with Crippen LogP contribution in [0.4, 0.5) is 4.39 Å². The number of nitrogens with one attached hydrogen (secondary N) is 1. The van der Waals surface area contributed by atoms with Gasteiger partial charge < -0.3 is 31.1 Å². The number of ketones is 2. The van der Waals surface area contributed by atoms with E-state index in [-0.39, 0.29) is 42.7 Å². The van der Waals surface area contributed by atoms with Crippen molar-refractivity contribution in [1.82, 2.24) is 10.3 Å². The maximum absolute atomic E-state index is 14.0. The Bertz CT molecular complexity index is 1480. The van der Waals surface area contributed by atoms with Crippen LogP contribution in [0.15, 0.2) is 47.1 Å². The molecule has 1 aromatic heterocycles. The average Bonchev–Trinajstić information content (AvgIpc) is 2.91. The summed E-state index contributed by atoms with van der Waals surface area (Å²) in [6.45, 7) is 1.09. The number of aliphatic hydroxyl groups excluding tert-OH is 2. The lowest BCUT2D eigenvalue weighted by Gasteiger charge is -2.41. The molecule has 3 aliphatic rings. The number of methoxy groups -OCH3 is 1. The monoisotopic (exact) mass is 551 g/mol. The van der Waals surface area contributed by atoms with Crippen LogP contribution in [0.25, 0.3) is 11.1 Å². The number of alkyl halides is 1. The molecular formula is C29H30FN3O7. The van der Waals surface area contributed by atoms with E-state index < -0.39 is 65.0 Å². The summed E-state index contributed by atoms with van der Waals surface area (Å²) in [6, 6.07) is 4.69. The third-order valence-corrected chi connectivity index (χ3v) is 8.09. The number of carbonyl (C=O) groups excluding carboxylic acids is 3. The Hall–Kier alpha value is -4.25. The van der Waals surface area contributed by atoms with Gasteiger partial charge in [-0.3, -0.25) is 14.4 Å². The summed E-state index contributed by atoms with van der Waals surface area (Å²) >= 11 is 0. The number of carbonyl (C=O) groups is 3. The lowest BCUT2D eigenvalue weighted by Crippen LogP contribution is -2.43. The van der Waals surface area contributed by atoms with Crippen molar-refractivity contribution < 1.29 is 38.8 Å². The molecular weight excluding hydrogens is 521 g/mol. The predicted octanol–water partition coefficient (Wildman–Crippen LogP) is 2.98. The van der Waals surface area contributed by atoms with Gasteiger partial charge in [0.1, 0.15) is 29.5 Å². The fraction of sp³-hybridized carbons (Fsp3) is 0.379. The number of benzene rings is 1. The van der Waals surface area contributed by atoms with Crippen LogP contribution in [0.3, 0.4) is 0 Å². The van der Waals surface area contributed by atoms with E-state index in [1.54, 1.807) is 31.3 Å². The highest BCUT2D eigenvalue weighted by molar-refractivity contribution is 6.22. The molecule has 210 valence electrons. The molecule has 1 amide bonds. The van der Waals surface area contributed by atoms with Crippen LogP contribution in [0.1, 0.15) is 41.3 Å². The summed E-state index contributed by atoms with van der Waals surface area (Å²) in [5.74, 6) is -5.57. The molecule has 0 fully saturated rings. The molecule has 1 heterocycles. The Kier molecular flexibility index (Phi) is 7.09. The van der Waals surface area contributed by atoms with Gasteiger partial charge in [0.2, 0.25) is 5.88 Å². The van der Waals surface area contributed by atoms with E-state index in [1.165, 1.54) is 7.11 Å². The van der Waals surface area contributed by atoms with E-state index in [9.17, 15) is 34.1 Å². The van der Waals surface area contributed by atoms with Gasteiger partial charge in [0.25, 0.3) is 5.91 Å². The first-order valence-corrected chi connectivity index (χ1v) is 13.0. The Labute approximate surface area is 229 Å². The third-order valence-electron chi connectivity index (χ3n) is 8.09. The van der Waals surface area contributed by atoms with Crippen molar-refractivity contribution in [3.05, 3.63) is 63.8 Å². The molecule has 1 aromatic carbocycles. The number of Topliss-reactive ketones (excluding diaryl/α,β-unsaturated/α-hetero) is 2. The Morgan fingerprint density at radius 1 is 1.25 bits per heavy atom. The number of phenolic OH excluding ortho intramolecular Hbond substituents is 1. The number of nitrogens with zero attached hydrogens (tertiary/aromatic N) is 1. The number of fused-ring (bicyclic) bond motifs is 3. The summed E-state index contributed by atoms with van der Waals surface area (Å²) in [4.78, 5) is 43.2. The number of hydrogen-bond acceptors (Lipinski definition) is 9. The predicted molar refractivity (Wildman–Crippen MR) is 141 cm³/mol. The van der Waals surface area contributed by atoms with E-state index in [0.717, 1.165) is 0 Å². The highest BCUT2D eigenvalue weighted by atomic mass is 19.1. The number of rotatable bonds is 7. The second kappa shape index (κ2) is 10.4. The Morgan fingerprint density at radius 2 is 2.00 bits per heavy atom. The molecule has 0 aliphatic heterocycles. The smallest absolute Gasteiger partial charge is 0.255 e. The normalized spacial score (nSPS) is 22.9. The van der Waals surface area contributed by atoms with Gasteiger partial charge in [0.15, 0.2) is 11.6 Å². The molecule has 0 spiro atoms. The van der Waals surface area contributed by atoms with Crippen LogP contribution in [-0.4, -0.2) is 57.6 Å². The van der Waals surface area contributed by atoms with E-state index in [0.29, 0.717) is 28.1 Å². The maximum Gasteiger partial charge on any atom is 0.255 e. The van der Waals surface area contributed by atoms with E-state index in [1.807, 2.05) is 0 Å². The number of phenols is 1. The Morgan fingerprint density at radius 3 is 2.62 bits per heavy atom. The van der Waals surface area contributed by atoms with Crippen molar-refractivity contribution in [3.8, 4) is 22.8 Å². The zero-order valence-electron chi connectivity index (χ0n) is 22.0. The van der Waals surface area contributed by atoms with Crippen LogP contribution in [-0.2, 0) is 22.6 Å². The number of ether oxygens (including phenoxy) is 1. The van der Waals surface area contributed by atoms with E-state index >= 15 is 0 Å². The first kappa shape index (κ1) is 27.3. The molecule has 10 nitrogen and oxygen atoms in total. The number of nitrogens with two attached hydrogens (primary N) is 1. The largest absolute Gasteiger partial charge is 0.511 e. The minimum atomic E-state index is -1.20. The fourth-order valence-electron chi connectivity index (χ4n) is 6.15. The third kappa shape index (κ3) is 4.40.